The van der Waals surface area contributed by atoms with E-state index in [0.29, 0.717) is 6.04 Å². The summed E-state index contributed by atoms with van der Waals surface area (Å²) in [6, 6.07) is 4.90. The molecule has 1 saturated carbocycles. The molecule has 3 nitrogen and oxygen atoms in total. The van der Waals surface area contributed by atoms with E-state index < -0.39 is 5.97 Å². The quantitative estimate of drug-likeness (QED) is 0.857. The van der Waals surface area contributed by atoms with Gasteiger partial charge in [-0.2, -0.15) is 0 Å². The fourth-order valence-corrected chi connectivity index (χ4v) is 3.90. The van der Waals surface area contributed by atoms with Gasteiger partial charge >= 0.3 is 5.97 Å². The van der Waals surface area contributed by atoms with Crippen LogP contribution in [0.25, 0.3) is 0 Å². The van der Waals surface area contributed by atoms with Crippen LogP contribution in [0.1, 0.15) is 49.9 Å². The van der Waals surface area contributed by atoms with E-state index in [1.165, 1.54) is 17.7 Å². The van der Waals surface area contributed by atoms with Crippen molar-refractivity contribution in [2.24, 2.45) is 0 Å². The molecule has 1 aromatic heterocycles. The summed E-state index contributed by atoms with van der Waals surface area (Å²) < 4.78 is 0. The molecule has 18 heavy (non-hydrogen) atoms. The summed E-state index contributed by atoms with van der Waals surface area (Å²) in [7, 11) is 0. The summed E-state index contributed by atoms with van der Waals surface area (Å²) in [5.41, 5.74) is 0. The second kappa shape index (κ2) is 6.34. The summed E-state index contributed by atoms with van der Waals surface area (Å²) in [6.07, 6.45) is 5.75. The SMILES string of the molecule is CCC(c1cccs1)N(CC(=O)O)C1CCCC1. The van der Waals surface area contributed by atoms with Crippen LogP contribution in [0.15, 0.2) is 17.5 Å². The smallest absolute Gasteiger partial charge is 0.317 e. The van der Waals surface area contributed by atoms with Crippen LogP contribution < -0.4 is 0 Å². The molecule has 1 atom stereocenters. The number of hydrogen-bond acceptors (Lipinski definition) is 3. The molecular weight excluding hydrogens is 246 g/mol. The third-order valence-corrected chi connectivity index (χ3v) is 4.74. The molecule has 4 heteroatoms. The molecule has 1 N–H and O–H groups in total. The Labute approximate surface area is 112 Å². The van der Waals surface area contributed by atoms with Crippen molar-refractivity contribution in [2.75, 3.05) is 6.54 Å². The lowest BCUT2D eigenvalue weighted by Crippen LogP contribution is -2.40. The molecule has 1 heterocycles. The molecule has 0 bridgehead atoms. The van der Waals surface area contributed by atoms with Crippen molar-refractivity contribution in [1.29, 1.82) is 0 Å². The molecule has 0 spiro atoms. The highest BCUT2D eigenvalue weighted by Crippen LogP contribution is 2.34. The Balaban J connectivity index is 2.17. The Morgan fingerprint density at radius 3 is 2.78 bits per heavy atom. The van der Waals surface area contributed by atoms with Gasteiger partial charge in [0.25, 0.3) is 0 Å². The topological polar surface area (TPSA) is 40.5 Å². The van der Waals surface area contributed by atoms with E-state index in [2.05, 4.69) is 29.3 Å². The van der Waals surface area contributed by atoms with Gasteiger partial charge in [0.1, 0.15) is 0 Å². The first-order valence-electron chi connectivity index (χ1n) is 6.73. The second-order valence-corrected chi connectivity index (χ2v) is 5.92. The van der Waals surface area contributed by atoms with E-state index in [9.17, 15) is 4.79 Å². The zero-order chi connectivity index (χ0) is 13.0. The van der Waals surface area contributed by atoms with Crippen molar-refractivity contribution in [2.45, 2.75) is 51.1 Å². The zero-order valence-electron chi connectivity index (χ0n) is 10.8. The van der Waals surface area contributed by atoms with Gasteiger partial charge in [-0.25, -0.2) is 0 Å². The van der Waals surface area contributed by atoms with E-state index in [4.69, 9.17) is 5.11 Å². The molecule has 1 unspecified atom stereocenters. The molecule has 1 aliphatic rings. The number of carbonyl (C=O) groups is 1. The maximum atomic E-state index is 11.1. The van der Waals surface area contributed by atoms with Crippen LogP contribution in [0.3, 0.4) is 0 Å². The van der Waals surface area contributed by atoms with Crippen molar-refractivity contribution in [1.82, 2.24) is 4.90 Å². The molecular formula is C14H21NO2S. The number of carboxylic acids is 1. The molecule has 0 amide bonds. The number of rotatable bonds is 6. The van der Waals surface area contributed by atoms with Gasteiger partial charge in [0.15, 0.2) is 0 Å². The van der Waals surface area contributed by atoms with E-state index in [-0.39, 0.29) is 12.6 Å². The number of nitrogens with zero attached hydrogens (tertiary/aromatic N) is 1. The Hall–Kier alpha value is -0.870. The third kappa shape index (κ3) is 3.12. The Morgan fingerprint density at radius 2 is 2.28 bits per heavy atom. The number of thiophene rings is 1. The van der Waals surface area contributed by atoms with Crippen LogP contribution in [0.5, 0.6) is 0 Å². The molecule has 0 aliphatic heterocycles. The van der Waals surface area contributed by atoms with Crippen LogP contribution in [0.4, 0.5) is 0 Å². The number of aliphatic carboxylic acids is 1. The average molecular weight is 267 g/mol. The minimum Gasteiger partial charge on any atom is -0.480 e. The second-order valence-electron chi connectivity index (χ2n) is 4.94. The molecule has 0 radical (unpaired) electrons. The van der Waals surface area contributed by atoms with Crippen LogP contribution in [-0.2, 0) is 4.79 Å². The lowest BCUT2D eigenvalue weighted by Gasteiger charge is -2.34. The monoisotopic (exact) mass is 267 g/mol. The van der Waals surface area contributed by atoms with Gasteiger partial charge in [0, 0.05) is 17.0 Å². The highest BCUT2D eigenvalue weighted by Gasteiger charge is 2.30. The minimum atomic E-state index is -0.711. The summed E-state index contributed by atoms with van der Waals surface area (Å²) in [6.45, 7) is 2.31. The first-order chi connectivity index (χ1) is 8.72. The predicted molar refractivity (Wildman–Crippen MR) is 73.9 cm³/mol. The molecule has 100 valence electrons. The molecule has 1 aliphatic carbocycles. The van der Waals surface area contributed by atoms with Crippen molar-refractivity contribution < 1.29 is 9.90 Å². The van der Waals surface area contributed by atoms with Crippen LogP contribution in [0, 0.1) is 0 Å². The van der Waals surface area contributed by atoms with Crippen LogP contribution >= 0.6 is 11.3 Å². The molecule has 1 fully saturated rings. The number of hydrogen-bond donors (Lipinski definition) is 1. The summed E-state index contributed by atoms with van der Waals surface area (Å²) >= 11 is 1.74. The summed E-state index contributed by atoms with van der Waals surface area (Å²) in [5, 5.41) is 11.2. The molecule has 2 rings (SSSR count). The van der Waals surface area contributed by atoms with Gasteiger partial charge in [-0.1, -0.05) is 25.8 Å². The maximum Gasteiger partial charge on any atom is 0.317 e. The first-order valence-corrected chi connectivity index (χ1v) is 7.61. The Morgan fingerprint density at radius 1 is 1.56 bits per heavy atom. The fraction of sp³-hybridized carbons (Fsp3) is 0.643. The molecule has 1 aromatic rings. The fourth-order valence-electron chi connectivity index (χ4n) is 2.97. The Bertz CT molecular complexity index is 371. The lowest BCUT2D eigenvalue weighted by atomic mass is 10.1. The van der Waals surface area contributed by atoms with E-state index in [1.54, 1.807) is 11.3 Å². The van der Waals surface area contributed by atoms with Gasteiger partial charge < -0.3 is 5.11 Å². The highest BCUT2D eigenvalue weighted by molar-refractivity contribution is 7.10. The van der Waals surface area contributed by atoms with E-state index in [1.807, 2.05) is 0 Å². The normalized spacial score (nSPS) is 18.3. The molecule has 0 aromatic carbocycles. The average Bonchev–Trinajstić information content (AvgIpc) is 3.01. The molecule has 0 saturated heterocycles. The zero-order valence-corrected chi connectivity index (χ0v) is 11.7. The van der Waals surface area contributed by atoms with Gasteiger partial charge in [-0.05, 0) is 30.7 Å². The first kappa shape index (κ1) is 13.6. The van der Waals surface area contributed by atoms with Crippen LogP contribution in [-0.4, -0.2) is 28.6 Å². The van der Waals surface area contributed by atoms with E-state index in [0.717, 1.165) is 19.3 Å². The van der Waals surface area contributed by atoms with Gasteiger partial charge in [-0.15, -0.1) is 11.3 Å². The summed E-state index contributed by atoms with van der Waals surface area (Å²) in [4.78, 5) is 14.6. The minimum absolute atomic E-state index is 0.168. The lowest BCUT2D eigenvalue weighted by molar-refractivity contribution is -0.139. The maximum absolute atomic E-state index is 11.1. The van der Waals surface area contributed by atoms with Crippen molar-refractivity contribution in [3.8, 4) is 0 Å². The third-order valence-electron chi connectivity index (χ3n) is 3.77. The summed E-state index contributed by atoms with van der Waals surface area (Å²) in [5.74, 6) is -0.711. The largest absolute Gasteiger partial charge is 0.480 e. The van der Waals surface area contributed by atoms with E-state index >= 15 is 0 Å². The van der Waals surface area contributed by atoms with Gasteiger partial charge in [-0.3, -0.25) is 9.69 Å². The van der Waals surface area contributed by atoms with Crippen LogP contribution in [0.2, 0.25) is 0 Å². The van der Waals surface area contributed by atoms with Crippen molar-refractivity contribution >= 4 is 17.3 Å². The Kier molecular flexibility index (Phi) is 4.78. The standard InChI is InChI=1S/C14H21NO2S/c1-2-12(13-8-5-9-18-13)15(10-14(16)17)11-6-3-4-7-11/h5,8-9,11-12H,2-4,6-7,10H2,1H3,(H,16,17). The van der Waals surface area contributed by atoms with Crippen molar-refractivity contribution in [3.63, 3.8) is 0 Å². The predicted octanol–water partition coefficient (Wildman–Crippen LogP) is 3.53. The van der Waals surface area contributed by atoms with Gasteiger partial charge in [0.05, 0.1) is 6.54 Å². The highest BCUT2D eigenvalue weighted by atomic mass is 32.1. The van der Waals surface area contributed by atoms with Crippen molar-refractivity contribution in [3.05, 3.63) is 22.4 Å². The number of carboxylic acid groups (broad SMARTS) is 1. The van der Waals surface area contributed by atoms with Gasteiger partial charge in [0.2, 0.25) is 0 Å².